The van der Waals surface area contributed by atoms with E-state index in [2.05, 4.69) is 5.32 Å². The predicted octanol–water partition coefficient (Wildman–Crippen LogP) is 2.58. The third-order valence-corrected chi connectivity index (χ3v) is 3.49. The van der Waals surface area contributed by atoms with Gasteiger partial charge in [0, 0.05) is 6.42 Å². The summed E-state index contributed by atoms with van der Waals surface area (Å²) in [5.41, 5.74) is 1.05. The van der Waals surface area contributed by atoms with E-state index in [1.807, 2.05) is 24.3 Å². The molecule has 0 amide bonds. The Kier molecular flexibility index (Phi) is 4.37. The van der Waals surface area contributed by atoms with Crippen LogP contribution in [0.5, 0.6) is 5.75 Å². The largest absolute Gasteiger partial charge is 0.497 e. The van der Waals surface area contributed by atoms with Gasteiger partial charge in [-0.1, -0.05) is 12.1 Å². The first-order valence-corrected chi connectivity index (χ1v) is 6.27. The zero-order chi connectivity index (χ0) is 12.1. The lowest BCUT2D eigenvalue weighted by molar-refractivity contribution is 0.187. The van der Waals surface area contributed by atoms with Crippen molar-refractivity contribution in [1.29, 1.82) is 0 Å². The Hall–Kier alpha value is -1.09. The Bertz CT molecular complexity index is 333. The predicted molar refractivity (Wildman–Crippen MR) is 67.2 cm³/mol. The van der Waals surface area contributed by atoms with Crippen LogP contribution in [0.3, 0.4) is 0 Å². The highest BCUT2D eigenvalue weighted by Crippen LogP contribution is 2.23. The fourth-order valence-electron chi connectivity index (χ4n) is 2.36. The highest BCUT2D eigenvalue weighted by molar-refractivity contribution is 5.27. The maximum absolute atomic E-state index is 14.1. The summed E-state index contributed by atoms with van der Waals surface area (Å²) in [5, 5.41) is 3.27. The van der Waals surface area contributed by atoms with E-state index in [-0.39, 0.29) is 5.92 Å². The van der Waals surface area contributed by atoms with Crippen LogP contribution < -0.4 is 10.1 Å². The van der Waals surface area contributed by atoms with E-state index in [9.17, 15) is 4.39 Å². The van der Waals surface area contributed by atoms with E-state index in [0.717, 1.165) is 37.2 Å². The molecule has 3 heteroatoms. The molecule has 94 valence electrons. The van der Waals surface area contributed by atoms with Crippen LogP contribution >= 0.6 is 0 Å². The van der Waals surface area contributed by atoms with Gasteiger partial charge >= 0.3 is 0 Å². The fraction of sp³-hybridized carbons (Fsp3) is 0.571. The number of ether oxygens (including phenoxy) is 1. The van der Waals surface area contributed by atoms with Crippen molar-refractivity contribution in [3.8, 4) is 5.75 Å². The molecule has 2 nitrogen and oxygen atoms in total. The Morgan fingerprint density at radius 1 is 1.29 bits per heavy atom. The molecule has 0 aromatic heterocycles. The third kappa shape index (κ3) is 3.43. The van der Waals surface area contributed by atoms with Crippen LogP contribution in [-0.4, -0.2) is 26.4 Å². The van der Waals surface area contributed by atoms with Crippen molar-refractivity contribution in [2.45, 2.75) is 25.4 Å². The van der Waals surface area contributed by atoms with E-state index in [0.29, 0.717) is 6.42 Å². The number of rotatable bonds is 4. The summed E-state index contributed by atoms with van der Waals surface area (Å²) < 4.78 is 19.2. The van der Waals surface area contributed by atoms with Crippen LogP contribution in [0.25, 0.3) is 0 Å². The zero-order valence-corrected chi connectivity index (χ0v) is 10.3. The van der Waals surface area contributed by atoms with Gasteiger partial charge in [0.25, 0.3) is 0 Å². The Morgan fingerprint density at radius 3 is 2.53 bits per heavy atom. The normalized spacial score (nSPS) is 18.9. The molecule has 1 saturated heterocycles. The van der Waals surface area contributed by atoms with E-state index in [1.165, 1.54) is 0 Å². The summed E-state index contributed by atoms with van der Waals surface area (Å²) in [5.74, 6) is 1.05. The minimum atomic E-state index is -0.717. The molecule has 1 atom stereocenters. The van der Waals surface area contributed by atoms with Gasteiger partial charge in [-0.3, -0.25) is 0 Å². The fourth-order valence-corrected chi connectivity index (χ4v) is 2.36. The summed E-state index contributed by atoms with van der Waals surface area (Å²) in [6, 6.07) is 7.69. The first kappa shape index (κ1) is 12.4. The second kappa shape index (κ2) is 6.01. The molecule has 0 radical (unpaired) electrons. The number of halogens is 1. The van der Waals surface area contributed by atoms with Gasteiger partial charge < -0.3 is 10.1 Å². The molecule has 0 spiro atoms. The Labute approximate surface area is 102 Å². The van der Waals surface area contributed by atoms with Crippen LogP contribution in [0.4, 0.5) is 4.39 Å². The molecular weight excluding hydrogens is 217 g/mol. The molecule has 1 aromatic carbocycles. The van der Waals surface area contributed by atoms with Crippen LogP contribution in [0.1, 0.15) is 18.4 Å². The maximum atomic E-state index is 14.1. The maximum Gasteiger partial charge on any atom is 0.118 e. The van der Waals surface area contributed by atoms with Gasteiger partial charge in [-0.2, -0.15) is 0 Å². The van der Waals surface area contributed by atoms with Gasteiger partial charge in [0.05, 0.1) is 7.11 Å². The van der Waals surface area contributed by atoms with Crippen molar-refractivity contribution in [3.63, 3.8) is 0 Å². The average molecular weight is 237 g/mol. The molecule has 0 saturated carbocycles. The average Bonchev–Trinajstić information content (AvgIpc) is 2.40. The van der Waals surface area contributed by atoms with E-state index in [1.54, 1.807) is 7.11 Å². The SMILES string of the molecule is COc1ccc(CC(F)C2CCNCC2)cc1. The summed E-state index contributed by atoms with van der Waals surface area (Å²) in [6.45, 7) is 1.90. The minimum absolute atomic E-state index is 0.221. The van der Waals surface area contributed by atoms with Gasteiger partial charge in [-0.05, 0) is 49.5 Å². The number of benzene rings is 1. The van der Waals surface area contributed by atoms with Gasteiger partial charge in [-0.15, -0.1) is 0 Å². The smallest absolute Gasteiger partial charge is 0.118 e. The molecule has 1 aliphatic heterocycles. The van der Waals surface area contributed by atoms with Crippen molar-refractivity contribution >= 4 is 0 Å². The van der Waals surface area contributed by atoms with Gasteiger partial charge in [0.1, 0.15) is 11.9 Å². The highest BCUT2D eigenvalue weighted by atomic mass is 19.1. The topological polar surface area (TPSA) is 21.3 Å². The molecule has 2 rings (SSSR count). The second-order valence-corrected chi connectivity index (χ2v) is 4.66. The van der Waals surface area contributed by atoms with E-state index in [4.69, 9.17) is 4.74 Å². The summed E-state index contributed by atoms with van der Waals surface area (Å²) >= 11 is 0. The highest BCUT2D eigenvalue weighted by Gasteiger charge is 2.23. The quantitative estimate of drug-likeness (QED) is 0.869. The molecule has 17 heavy (non-hydrogen) atoms. The van der Waals surface area contributed by atoms with Crippen LogP contribution in [-0.2, 0) is 6.42 Å². The van der Waals surface area contributed by atoms with Crippen molar-refractivity contribution in [2.24, 2.45) is 5.92 Å². The number of methoxy groups -OCH3 is 1. The standard InChI is InChI=1S/C14H20FNO/c1-17-13-4-2-11(3-5-13)10-14(15)12-6-8-16-9-7-12/h2-5,12,14,16H,6-10H2,1H3. The number of piperidine rings is 1. The van der Waals surface area contributed by atoms with E-state index < -0.39 is 6.17 Å². The lowest BCUT2D eigenvalue weighted by Crippen LogP contribution is -2.33. The first-order chi connectivity index (χ1) is 8.29. The monoisotopic (exact) mass is 237 g/mol. The number of hydrogen-bond donors (Lipinski definition) is 1. The summed E-state index contributed by atoms with van der Waals surface area (Å²) in [7, 11) is 1.64. The third-order valence-electron chi connectivity index (χ3n) is 3.49. The molecule has 0 aliphatic carbocycles. The van der Waals surface area contributed by atoms with Crippen molar-refractivity contribution in [2.75, 3.05) is 20.2 Å². The molecule has 1 unspecified atom stereocenters. The van der Waals surface area contributed by atoms with Crippen molar-refractivity contribution < 1.29 is 9.13 Å². The van der Waals surface area contributed by atoms with Crippen LogP contribution in [0.2, 0.25) is 0 Å². The van der Waals surface area contributed by atoms with Crippen LogP contribution in [0.15, 0.2) is 24.3 Å². The van der Waals surface area contributed by atoms with Crippen molar-refractivity contribution in [3.05, 3.63) is 29.8 Å². The summed E-state index contributed by atoms with van der Waals surface area (Å²) in [4.78, 5) is 0. The summed E-state index contributed by atoms with van der Waals surface area (Å²) in [6.07, 6.45) is 1.72. The number of alkyl halides is 1. The molecule has 1 N–H and O–H groups in total. The Morgan fingerprint density at radius 2 is 1.94 bits per heavy atom. The molecule has 1 fully saturated rings. The minimum Gasteiger partial charge on any atom is -0.497 e. The van der Waals surface area contributed by atoms with Gasteiger partial charge in [-0.25, -0.2) is 4.39 Å². The molecular formula is C14H20FNO. The van der Waals surface area contributed by atoms with E-state index >= 15 is 0 Å². The van der Waals surface area contributed by atoms with Crippen LogP contribution in [0, 0.1) is 5.92 Å². The lowest BCUT2D eigenvalue weighted by atomic mass is 9.89. The van der Waals surface area contributed by atoms with Gasteiger partial charge in [0.2, 0.25) is 0 Å². The second-order valence-electron chi connectivity index (χ2n) is 4.66. The molecule has 1 aromatic rings. The van der Waals surface area contributed by atoms with Crippen molar-refractivity contribution in [1.82, 2.24) is 5.32 Å². The molecule has 1 aliphatic rings. The zero-order valence-electron chi connectivity index (χ0n) is 10.3. The van der Waals surface area contributed by atoms with Gasteiger partial charge in [0.15, 0.2) is 0 Å². The number of nitrogens with one attached hydrogen (secondary N) is 1. The molecule has 1 heterocycles. The molecule has 0 bridgehead atoms. The number of hydrogen-bond acceptors (Lipinski definition) is 2. The lowest BCUT2D eigenvalue weighted by Gasteiger charge is -2.25. The Balaban J connectivity index is 1.89. The first-order valence-electron chi connectivity index (χ1n) is 6.27.